The van der Waals surface area contributed by atoms with Gasteiger partial charge in [0.1, 0.15) is 4.88 Å². The van der Waals surface area contributed by atoms with Gasteiger partial charge in [0, 0.05) is 23.5 Å². The minimum absolute atomic E-state index is 0.146. The van der Waals surface area contributed by atoms with Crippen LogP contribution in [0.5, 0.6) is 0 Å². The van der Waals surface area contributed by atoms with Crippen LogP contribution in [0, 0.1) is 6.92 Å². The van der Waals surface area contributed by atoms with Crippen LogP contribution in [0.1, 0.15) is 45.8 Å². The smallest absolute Gasteiger partial charge is 0.345 e. The number of carbonyl (C=O) groups is 1. The largest absolute Gasteiger partial charge is 0.477 e. The van der Waals surface area contributed by atoms with E-state index in [4.69, 9.17) is 5.11 Å². The van der Waals surface area contributed by atoms with E-state index in [1.54, 1.807) is 0 Å². The van der Waals surface area contributed by atoms with Gasteiger partial charge in [-0.1, -0.05) is 0 Å². The first-order chi connectivity index (χ1) is 9.04. The molecule has 2 unspecified atom stereocenters. The Labute approximate surface area is 116 Å². The molecule has 2 bridgehead atoms. The highest BCUT2D eigenvalue weighted by molar-refractivity contribution is 7.14. The maximum Gasteiger partial charge on any atom is 0.345 e. The van der Waals surface area contributed by atoms with Crippen LogP contribution in [0.3, 0.4) is 0 Å². The number of aliphatic hydroxyl groups excluding tert-OH is 1. The van der Waals surface area contributed by atoms with Gasteiger partial charge in [0.2, 0.25) is 0 Å². The Hall–Kier alpha value is -0.910. The molecule has 2 saturated heterocycles. The van der Waals surface area contributed by atoms with E-state index in [2.05, 4.69) is 4.90 Å². The van der Waals surface area contributed by atoms with Crippen LogP contribution in [0.2, 0.25) is 0 Å². The fourth-order valence-corrected chi connectivity index (χ4v) is 4.36. The highest BCUT2D eigenvalue weighted by atomic mass is 32.1. The van der Waals surface area contributed by atoms with Crippen LogP contribution in [0.25, 0.3) is 0 Å². The molecular weight excluding hydrogens is 262 g/mol. The molecule has 104 valence electrons. The summed E-state index contributed by atoms with van der Waals surface area (Å²) in [6.07, 6.45) is 3.91. The number of hydrogen-bond acceptors (Lipinski definition) is 4. The molecule has 1 aromatic heterocycles. The number of carboxylic acids is 1. The lowest BCUT2D eigenvalue weighted by atomic mass is 9.99. The Morgan fingerprint density at radius 3 is 2.58 bits per heavy atom. The van der Waals surface area contributed by atoms with Crippen molar-refractivity contribution in [3.63, 3.8) is 0 Å². The predicted molar refractivity (Wildman–Crippen MR) is 73.6 cm³/mol. The summed E-state index contributed by atoms with van der Waals surface area (Å²) in [5, 5.41) is 18.8. The zero-order valence-electron chi connectivity index (χ0n) is 11.0. The first kappa shape index (κ1) is 13.1. The highest BCUT2D eigenvalue weighted by Gasteiger charge is 2.40. The van der Waals surface area contributed by atoms with E-state index in [0.29, 0.717) is 17.0 Å². The van der Waals surface area contributed by atoms with Gasteiger partial charge in [0.15, 0.2) is 0 Å². The monoisotopic (exact) mass is 281 g/mol. The summed E-state index contributed by atoms with van der Waals surface area (Å²) in [6, 6.07) is 2.76. The molecule has 2 aliphatic rings. The van der Waals surface area contributed by atoms with Gasteiger partial charge in [-0.2, -0.15) is 0 Å². The van der Waals surface area contributed by atoms with Crippen LogP contribution in [0.4, 0.5) is 0 Å². The van der Waals surface area contributed by atoms with Crippen LogP contribution in [-0.4, -0.2) is 39.3 Å². The van der Waals surface area contributed by atoms with E-state index >= 15 is 0 Å². The zero-order valence-corrected chi connectivity index (χ0v) is 11.8. The molecule has 0 radical (unpaired) electrons. The number of aliphatic hydroxyl groups is 1. The minimum atomic E-state index is -0.837. The Morgan fingerprint density at radius 1 is 1.42 bits per heavy atom. The van der Waals surface area contributed by atoms with Gasteiger partial charge in [-0.25, -0.2) is 4.79 Å². The fourth-order valence-electron chi connectivity index (χ4n) is 3.48. The standard InChI is InChI=1S/C14H19NO3S/c1-8-9(4-13(19-8)14(17)18)7-15-10-2-3-11(15)6-12(16)5-10/h4,10-12,16H,2-3,5-7H2,1H3,(H,17,18). The van der Waals surface area contributed by atoms with Crippen molar-refractivity contribution in [1.82, 2.24) is 4.90 Å². The van der Waals surface area contributed by atoms with Crippen molar-refractivity contribution in [2.75, 3.05) is 0 Å². The molecular formula is C14H19NO3S. The average molecular weight is 281 g/mol. The molecule has 0 aromatic carbocycles. The number of aromatic carboxylic acids is 1. The molecule has 2 atom stereocenters. The summed E-state index contributed by atoms with van der Waals surface area (Å²) >= 11 is 1.36. The molecule has 1 aromatic rings. The maximum atomic E-state index is 11.0. The molecule has 3 rings (SSSR count). The predicted octanol–water partition coefficient (Wildman–Crippen LogP) is 2.24. The van der Waals surface area contributed by atoms with Gasteiger partial charge in [-0.05, 0) is 44.2 Å². The number of piperidine rings is 1. The first-order valence-electron chi connectivity index (χ1n) is 6.81. The molecule has 2 aliphatic heterocycles. The van der Waals surface area contributed by atoms with Crippen LogP contribution < -0.4 is 0 Å². The Bertz CT molecular complexity index is 485. The quantitative estimate of drug-likeness (QED) is 0.892. The van der Waals surface area contributed by atoms with E-state index in [-0.39, 0.29) is 6.10 Å². The van der Waals surface area contributed by atoms with Crippen LogP contribution >= 0.6 is 11.3 Å². The van der Waals surface area contributed by atoms with Crippen molar-refractivity contribution in [3.8, 4) is 0 Å². The number of hydrogen-bond donors (Lipinski definition) is 2. The Balaban J connectivity index is 1.77. The molecule has 0 spiro atoms. The van der Waals surface area contributed by atoms with Gasteiger partial charge in [-0.3, -0.25) is 4.90 Å². The number of nitrogens with zero attached hydrogens (tertiary/aromatic N) is 1. The summed E-state index contributed by atoms with van der Waals surface area (Å²) < 4.78 is 0. The summed E-state index contributed by atoms with van der Waals surface area (Å²) in [6.45, 7) is 2.82. The SMILES string of the molecule is Cc1sc(C(=O)O)cc1CN1C2CCC1CC(O)C2. The van der Waals surface area contributed by atoms with E-state index in [9.17, 15) is 9.90 Å². The summed E-state index contributed by atoms with van der Waals surface area (Å²) in [7, 11) is 0. The molecule has 0 saturated carbocycles. The van der Waals surface area contributed by atoms with Gasteiger partial charge < -0.3 is 10.2 Å². The molecule has 0 aliphatic carbocycles. The van der Waals surface area contributed by atoms with E-state index in [1.165, 1.54) is 11.3 Å². The Kier molecular flexibility index (Phi) is 3.37. The van der Waals surface area contributed by atoms with Crippen molar-refractivity contribution >= 4 is 17.3 Å². The third-order valence-corrected chi connectivity index (χ3v) is 5.52. The second-order valence-electron chi connectivity index (χ2n) is 5.68. The molecule has 5 heteroatoms. The van der Waals surface area contributed by atoms with Gasteiger partial charge in [0.25, 0.3) is 0 Å². The van der Waals surface area contributed by atoms with E-state index in [0.717, 1.165) is 42.7 Å². The number of fused-ring (bicyclic) bond motifs is 2. The molecule has 3 heterocycles. The zero-order chi connectivity index (χ0) is 13.6. The second-order valence-corrected chi connectivity index (χ2v) is 6.94. The maximum absolute atomic E-state index is 11.0. The van der Waals surface area contributed by atoms with Crippen LogP contribution in [-0.2, 0) is 6.54 Å². The molecule has 19 heavy (non-hydrogen) atoms. The van der Waals surface area contributed by atoms with Crippen molar-refractivity contribution in [1.29, 1.82) is 0 Å². The van der Waals surface area contributed by atoms with Crippen molar-refractivity contribution in [3.05, 3.63) is 21.4 Å². The Morgan fingerprint density at radius 2 is 2.05 bits per heavy atom. The minimum Gasteiger partial charge on any atom is -0.477 e. The lowest BCUT2D eigenvalue weighted by molar-refractivity contribution is 0.0310. The third kappa shape index (κ3) is 2.42. The lowest BCUT2D eigenvalue weighted by Crippen LogP contribution is -2.44. The number of thiophene rings is 1. The number of aryl methyl sites for hydroxylation is 1. The normalized spacial score (nSPS) is 30.7. The van der Waals surface area contributed by atoms with Gasteiger partial charge in [-0.15, -0.1) is 11.3 Å². The number of rotatable bonds is 3. The first-order valence-corrected chi connectivity index (χ1v) is 7.62. The van der Waals surface area contributed by atoms with Crippen molar-refractivity contribution < 1.29 is 15.0 Å². The third-order valence-electron chi connectivity index (χ3n) is 4.44. The number of carboxylic acid groups (broad SMARTS) is 1. The summed E-state index contributed by atoms with van der Waals surface area (Å²) in [4.78, 5) is 15.0. The van der Waals surface area contributed by atoms with Crippen molar-refractivity contribution in [2.45, 2.75) is 57.3 Å². The summed E-state index contributed by atoms with van der Waals surface area (Å²) in [5.41, 5.74) is 1.13. The average Bonchev–Trinajstić information content (AvgIpc) is 2.80. The topological polar surface area (TPSA) is 60.8 Å². The molecule has 0 amide bonds. The summed E-state index contributed by atoms with van der Waals surface area (Å²) in [5.74, 6) is -0.837. The molecule has 4 nitrogen and oxygen atoms in total. The molecule has 2 N–H and O–H groups in total. The lowest BCUT2D eigenvalue weighted by Gasteiger charge is -2.37. The van der Waals surface area contributed by atoms with E-state index < -0.39 is 5.97 Å². The second kappa shape index (κ2) is 4.89. The highest BCUT2D eigenvalue weighted by Crippen LogP contribution is 2.37. The van der Waals surface area contributed by atoms with Gasteiger partial charge in [0.05, 0.1) is 6.10 Å². The molecule has 2 fully saturated rings. The van der Waals surface area contributed by atoms with Crippen molar-refractivity contribution in [2.24, 2.45) is 0 Å². The van der Waals surface area contributed by atoms with Crippen LogP contribution in [0.15, 0.2) is 6.07 Å². The van der Waals surface area contributed by atoms with Gasteiger partial charge >= 0.3 is 5.97 Å². The fraction of sp³-hybridized carbons (Fsp3) is 0.643. The van der Waals surface area contributed by atoms with E-state index in [1.807, 2.05) is 13.0 Å².